The average molecular weight is 759 g/mol. The monoisotopic (exact) mass is 758 g/mol. The number of hydrogen-bond acceptors (Lipinski definition) is 13. The zero-order valence-electron chi connectivity index (χ0n) is 32.2. The normalized spacial score (nSPS) is 17.8. The lowest BCUT2D eigenvalue weighted by Gasteiger charge is -2.34. The molecule has 0 aliphatic carbocycles. The smallest absolute Gasteiger partial charge is 0.264 e. The highest BCUT2D eigenvalue weighted by molar-refractivity contribution is 6.25. The first-order valence-corrected chi connectivity index (χ1v) is 18.4. The lowest BCUT2D eigenvalue weighted by Crippen LogP contribution is -2.54. The number of aromatic nitrogens is 1. The summed E-state index contributed by atoms with van der Waals surface area (Å²) in [4.78, 5) is 70.9. The quantitative estimate of drug-likeness (QED) is 0.127. The molecule has 3 aliphatic rings. The van der Waals surface area contributed by atoms with Crippen molar-refractivity contribution in [3.63, 3.8) is 0 Å². The van der Waals surface area contributed by atoms with Crippen LogP contribution in [0.3, 0.4) is 0 Å². The minimum Gasteiger partial charge on any atom is -0.496 e. The Morgan fingerprint density at radius 1 is 0.945 bits per heavy atom. The first-order valence-electron chi connectivity index (χ1n) is 18.4. The van der Waals surface area contributed by atoms with E-state index in [1.807, 2.05) is 49.3 Å². The van der Waals surface area contributed by atoms with Crippen molar-refractivity contribution in [2.24, 2.45) is 7.05 Å². The Kier molecular flexibility index (Phi) is 12.0. The van der Waals surface area contributed by atoms with E-state index in [-0.39, 0.29) is 36.1 Å². The number of aliphatic hydroxyl groups excluding tert-OH is 1. The van der Waals surface area contributed by atoms with Gasteiger partial charge in [0.1, 0.15) is 17.5 Å². The summed E-state index contributed by atoms with van der Waals surface area (Å²) in [6.45, 7) is 3.56. The molecular weight excluding hydrogens is 708 g/mol. The Hall–Kier alpha value is -5.13. The molecule has 16 nitrogen and oxygen atoms in total. The van der Waals surface area contributed by atoms with Gasteiger partial charge < -0.3 is 34.3 Å². The van der Waals surface area contributed by atoms with E-state index in [0.717, 1.165) is 27.2 Å². The number of piperidine rings is 1. The Labute approximate surface area is 320 Å². The summed E-state index contributed by atoms with van der Waals surface area (Å²) >= 11 is 0. The summed E-state index contributed by atoms with van der Waals surface area (Å²) in [5.41, 5.74) is 5.15. The van der Waals surface area contributed by atoms with Gasteiger partial charge in [-0.3, -0.25) is 44.4 Å². The molecule has 4 N–H and O–H groups in total. The van der Waals surface area contributed by atoms with Crippen molar-refractivity contribution in [1.29, 1.82) is 0 Å². The third kappa shape index (κ3) is 8.14. The van der Waals surface area contributed by atoms with Crippen LogP contribution in [-0.4, -0.2) is 133 Å². The van der Waals surface area contributed by atoms with E-state index in [1.54, 1.807) is 44.0 Å². The fourth-order valence-corrected chi connectivity index (χ4v) is 7.56. The van der Waals surface area contributed by atoms with E-state index < -0.39 is 36.0 Å². The molecule has 1 saturated heterocycles. The number of aryl methyl sites for hydroxylation is 1. The first kappa shape index (κ1) is 39.6. The number of ether oxygens (including phenoxy) is 2. The van der Waals surface area contributed by atoms with Crippen molar-refractivity contribution >= 4 is 29.3 Å². The van der Waals surface area contributed by atoms with Crippen LogP contribution in [0.5, 0.6) is 11.5 Å². The van der Waals surface area contributed by atoms with Crippen LogP contribution in [-0.2, 0) is 36.1 Å². The molecule has 2 atom stereocenters. The zero-order chi connectivity index (χ0) is 39.6. The Balaban J connectivity index is 1.03. The van der Waals surface area contributed by atoms with Gasteiger partial charge in [-0.1, -0.05) is 6.07 Å². The minimum absolute atomic E-state index is 0.0553. The summed E-state index contributed by atoms with van der Waals surface area (Å²) in [5, 5.41) is 19.8. The second-order valence-corrected chi connectivity index (χ2v) is 14.5. The number of fused-ring (bicyclic) bond motifs is 2. The largest absolute Gasteiger partial charge is 0.496 e. The SMILES string of the molecule is COc1cc(-c2cn(C)c(=O)c3c2CCN(C(O)NCCN(C)CCNc2cccc4c2C(=O)N(C2CCC(=O)NC2=O)C4=O)C3)cc(OC)c1CN(C)C. The van der Waals surface area contributed by atoms with Crippen LogP contribution in [0, 0.1) is 0 Å². The maximum absolute atomic E-state index is 13.4. The van der Waals surface area contributed by atoms with Crippen LogP contribution in [0.25, 0.3) is 11.1 Å². The summed E-state index contributed by atoms with van der Waals surface area (Å²) in [7, 11) is 10.9. The number of benzene rings is 2. The van der Waals surface area contributed by atoms with Crippen molar-refractivity contribution in [2.75, 3.05) is 73.4 Å². The molecule has 2 unspecified atom stereocenters. The van der Waals surface area contributed by atoms with Crippen molar-refractivity contribution in [1.82, 2.24) is 34.8 Å². The number of anilines is 1. The molecule has 55 heavy (non-hydrogen) atoms. The number of rotatable bonds is 15. The van der Waals surface area contributed by atoms with Crippen LogP contribution < -0.4 is 31.0 Å². The Morgan fingerprint density at radius 2 is 1.65 bits per heavy atom. The number of imide groups is 2. The number of nitrogens with one attached hydrogen (secondary N) is 3. The number of methoxy groups -OCH3 is 2. The minimum atomic E-state index is -1.03. The van der Waals surface area contributed by atoms with Crippen LogP contribution >= 0.6 is 0 Å². The predicted molar refractivity (Wildman–Crippen MR) is 205 cm³/mol. The molecule has 4 heterocycles. The van der Waals surface area contributed by atoms with Crippen LogP contribution in [0.1, 0.15) is 50.2 Å². The van der Waals surface area contributed by atoms with Gasteiger partial charge in [-0.15, -0.1) is 0 Å². The maximum atomic E-state index is 13.4. The molecular formula is C39H50N8O8. The fourth-order valence-electron chi connectivity index (χ4n) is 7.56. The number of amides is 4. The number of pyridine rings is 1. The molecule has 4 amide bonds. The van der Waals surface area contributed by atoms with E-state index in [2.05, 4.69) is 20.9 Å². The lowest BCUT2D eigenvalue weighted by molar-refractivity contribution is -0.136. The first-order chi connectivity index (χ1) is 26.3. The second kappa shape index (κ2) is 16.7. The molecule has 0 radical (unpaired) electrons. The molecule has 6 rings (SSSR count). The zero-order valence-corrected chi connectivity index (χ0v) is 32.2. The van der Waals surface area contributed by atoms with Gasteiger partial charge in [0.15, 0.2) is 6.35 Å². The summed E-state index contributed by atoms with van der Waals surface area (Å²) in [5.74, 6) is -0.773. The van der Waals surface area contributed by atoms with E-state index >= 15 is 0 Å². The maximum Gasteiger partial charge on any atom is 0.264 e. The highest BCUT2D eigenvalue weighted by atomic mass is 16.5. The van der Waals surface area contributed by atoms with Crippen molar-refractivity contribution in [3.05, 3.63) is 74.7 Å². The van der Waals surface area contributed by atoms with Gasteiger partial charge >= 0.3 is 0 Å². The average Bonchev–Trinajstić information content (AvgIpc) is 3.41. The molecule has 3 aliphatic heterocycles. The molecule has 2 aromatic carbocycles. The van der Waals surface area contributed by atoms with E-state index in [4.69, 9.17) is 9.47 Å². The van der Waals surface area contributed by atoms with Crippen molar-refractivity contribution < 1.29 is 33.8 Å². The van der Waals surface area contributed by atoms with Crippen LogP contribution in [0.15, 0.2) is 41.3 Å². The molecule has 3 aromatic rings. The highest BCUT2D eigenvalue weighted by Gasteiger charge is 2.45. The van der Waals surface area contributed by atoms with Gasteiger partial charge in [0, 0.05) is 82.3 Å². The van der Waals surface area contributed by atoms with Crippen LogP contribution in [0.2, 0.25) is 0 Å². The second-order valence-electron chi connectivity index (χ2n) is 14.5. The molecule has 1 fully saturated rings. The number of aliphatic hydroxyl groups is 1. The van der Waals surface area contributed by atoms with Gasteiger partial charge in [0.25, 0.3) is 17.4 Å². The van der Waals surface area contributed by atoms with Gasteiger partial charge in [-0.05, 0) is 69.4 Å². The predicted octanol–water partition coefficient (Wildman–Crippen LogP) is 0.800. The third-order valence-corrected chi connectivity index (χ3v) is 10.4. The summed E-state index contributed by atoms with van der Waals surface area (Å²) < 4.78 is 13.1. The molecule has 294 valence electrons. The van der Waals surface area contributed by atoms with Crippen LogP contribution in [0.4, 0.5) is 5.69 Å². The van der Waals surface area contributed by atoms with E-state index in [9.17, 15) is 29.1 Å². The molecule has 0 bridgehead atoms. The third-order valence-electron chi connectivity index (χ3n) is 10.4. The Morgan fingerprint density at radius 3 is 2.33 bits per heavy atom. The molecule has 0 spiro atoms. The summed E-state index contributed by atoms with van der Waals surface area (Å²) in [6.07, 6.45) is 1.60. The van der Waals surface area contributed by atoms with Crippen molar-refractivity contribution in [3.8, 4) is 22.6 Å². The number of nitrogens with zero attached hydrogens (tertiary/aromatic N) is 5. The van der Waals surface area contributed by atoms with Gasteiger partial charge in [-0.25, -0.2) is 0 Å². The fraction of sp³-hybridized carbons (Fsp3) is 0.462. The Bertz CT molecular complexity index is 2020. The number of carbonyl (C=O) groups excluding carboxylic acids is 4. The topological polar surface area (TPSA) is 178 Å². The number of hydrogen-bond donors (Lipinski definition) is 4. The van der Waals surface area contributed by atoms with Gasteiger partial charge in [0.05, 0.1) is 30.9 Å². The lowest BCUT2D eigenvalue weighted by atomic mass is 9.91. The molecule has 1 aromatic heterocycles. The van der Waals surface area contributed by atoms with E-state index in [0.29, 0.717) is 68.4 Å². The molecule has 0 saturated carbocycles. The van der Waals surface area contributed by atoms with E-state index in [1.165, 1.54) is 0 Å². The number of likely N-dealkylation sites (N-methyl/N-ethyl adjacent to an activating group) is 1. The molecule has 16 heteroatoms. The number of carbonyl (C=O) groups is 4. The van der Waals surface area contributed by atoms with Gasteiger partial charge in [0.2, 0.25) is 11.8 Å². The standard InChI is InChI=1S/C39H50N8O8/c1-43(2)20-28-31(54-5)18-23(19-32(28)55-6)26-21-45(4)36(50)27-22-46(15-12-24(26)27)39(53)41-14-17-44(3)16-13-40-29-9-7-8-25-34(29)38(52)47(37(25)51)30-10-11-33(48)42-35(30)49/h7-9,18-19,21,30,39-41,53H,10-17,20,22H2,1-6H3,(H,42,48,49). The van der Waals surface area contributed by atoms with Gasteiger partial charge in [-0.2, -0.15) is 0 Å². The highest BCUT2D eigenvalue weighted by Crippen LogP contribution is 2.38. The summed E-state index contributed by atoms with van der Waals surface area (Å²) in [6, 6.07) is 7.91. The van der Waals surface area contributed by atoms with Crippen molar-refractivity contribution in [2.45, 2.75) is 44.7 Å².